The van der Waals surface area contributed by atoms with Gasteiger partial charge in [-0.25, -0.2) is 8.78 Å². The summed E-state index contributed by atoms with van der Waals surface area (Å²) < 4.78 is 25.7. The second-order valence-corrected chi connectivity index (χ2v) is 5.72. The van der Waals surface area contributed by atoms with Crippen molar-refractivity contribution in [3.8, 4) is 0 Å². The van der Waals surface area contributed by atoms with Gasteiger partial charge in [0.1, 0.15) is 0 Å². The summed E-state index contributed by atoms with van der Waals surface area (Å²) in [5.74, 6) is -1.88. The predicted octanol–water partition coefficient (Wildman–Crippen LogP) is 3.26. The highest BCUT2D eigenvalue weighted by Gasteiger charge is 2.25. The van der Waals surface area contributed by atoms with Gasteiger partial charge in [-0.15, -0.1) is 0 Å². The topological polar surface area (TPSA) is 29.1 Å². The Morgan fingerprint density at radius 1 is 1.33 bits per heavy atom. The van der Waals surface area contributed by atoms with E-state index in [4.69, 9.17) is 0 Å². The minimum absolute atomic E-state index is 0.151. The minimum atomic E-state index is -0.998. The van der Waals surface area contributed by atoms with E-state index in [-0.39, 0.29) is 11.5 Å². The standard InChI is InChI=1S/C13H14BrF2NO/c14-10-3-1-2-9(10)7-17-13(18)8-4-5-11(15)12(16)6-8/h4-6,9-10H,1-3,7H2,(H,17,18). The van der Waals surface area contributed by atoms with Crippen molar-refractivity contribution >= 4 is 21.8 Å². The van der Waals surface area contributed by atoms with Crippen LogP contribution in [0.15, 0.2) is 18.2 Å². The number of nitrogens with one attached hydrogen (secondary N) is 1. The van der Waals surface area contributed by atoms with Crippen molar-refractivity contribution in [2.24, 2.45) is 5.92 Å². The van der Waals surface area contributed by atoms with Gasteiger partial charge in [0.25, 0.3) is 5.91 Å². The summed E-state index contributed by atoms with van der Waals surface area (Å²) in [6.45, 7) is 0.563. The van der Waals surface area contributed by atoms with Crippen molar-refractivity contribution in [2.45, 2.75) is 24.1 Å². The molecule has 1 fully saturated rings. The van der Waals surface area contributed by atoms with E-state index in [1.54, 1.807) is 0 Å². The summed E-state index contributed by atoms with van der Waals surface area (Å²) in [7, 11) is 0. The predicted molar refractivity (Wildman–Crippen MR) is 68.7 cm³/mol. The van der Waals surface area contributed by atoms with Crippen LogP contribution in [0.4, 0.5) is 8.78 Å². The Bertz CT molecular complexity index is 453. The van der Waals surface area contributed by atoms with Crippen LogP contribution in [-0.4, -0.2) is 17.3 Å². The van der Waals surface area contributed by atoms with E-state index in [0.717, 1.165) is 31.4 Å². The maximum atomic E-state index is 13.0. The zero-order chi connectivity index (χ0) is 13.1. The van der Waals surface area contributed by atoms with E-state index >= 15 is 0 Å². The summed E-state index contributed by atoms with van der Waals surface area (Å²) >= 11 is 3.57. The Morgan fingerprint density at radius 3 is 2.72 bits per heavy atom. The number of amides is 1. The van der Waals surface area contributed by atoms with Crippen molar-refractivity contribution in [3.63, 3.8) is 0 Å². The highest BCUT2D eigenvalue weighted by Crippen LogP contribution is 2.30. The van der Waals surface area contributed by atoms with Crippen LogP contribution in [0.25, 0.3) is 0 Å². The van der Waals surface area contributed by atoms with Crippen LogP contribution in [0.1, 0.15) is 29.6 Å². The van der Waals surface area contributed by atoms with Crippen LogP contribution in [-0.2, 0) is 0 Å². The Hall–Kier alpha value is -0.970. The number of hydrogen-bond acceptors (Lipinski definition) is 1. The zero-order valence-corrected chi connectivity index (χ0v) is 11.3. The molecule has 1 N–H and O–H groups in total. The molecular formula is C13H14BrF2NO. The van der Waals surface area contributed by atoms with E-state index in [9.17, 15) is 13.6 Å². The van der Waals surface area contributed by atoms with Gasteiger partial charge in [-0.3, -0.25) is 4.79 Å². The van der Waals surface area contributed by atoms with Gasteiger partial charge < -0.3 is 5.32 Å². The monoisotopic (exact) mass is 317 g/mol. The molecule has 1 aliphatic carbocycles. The summed E-state index contributed by atoms with van der Waals surface area (Å²) in [6.07, 6.45) is 3.35. The van der Waals surface area contributed by atoms with Crippen LogP contribution in [0.3, 0.4) is 0 Å². The smallest absolute Gasteiger partial charge is 0.251 e. The third-order valence-electron chi connectivity index (χ3n) is 3.27. The Balaban J connectivity index is 1.93. The van der Waals surface area contributed by atoms with Crippen LogP contribution >= 0.6 is 15.9 Å². The molecule has 1 saturated carbocycles. The average molecular weight is 318 g/mol. The van der Waals surface area contributed by atoms with Gasteiger partial charge >= 0.3 is 0 Å². The molecule has 18 heavy (non-hydrogen) atoms. The molecule has 2 nitrogen and oxygen atoms in total. The van der Waals surface area contributed by atoms with Crippen molar-refractivity contribution in [1.82, 2.24) is 5.32 Å². The van der Waals surface area contributed by atoms with E-state index in [1.807, 2.05) is 0 Å². The molecular weight excluding hydrogens is 304 g/mol. The fourth-order valence-electron chi connectivity index (χ4n) is 2.18. The number of alkyl halides is 1. The van der Waals surface area contributed by atoms with Crippen LogP contribution in [0.5, 0.6) is 0 Å². The molecule has 5 heteroatoms. The van der Waals surface area contributed by atoms with Crippen molar-refractivity contribution < 1.29 is 13.6 Å². The van der Waals surface area contributed by atoms with Crippen molar-refractivity contribution in [2.75, 3.05) is 6.54 Å². The van der Waals surface area contributed by atoms with Gasteiger partial charge in [-0.1, -0.05) is 22.4 Å². The first-order chi connectivity index (χ1) is 8.58. The molecule has 0 radical (unpaired) electrons. The highest BCUT2D eigenvalue weighted by atomic mass is 79.9. The normalized spacial score (nSPS) is 23.1. The fraction of sp³-hybridized carbons (Fsp3) is 0.462. The maximum Gasteiger partial charge on any atom is 0.251 e. The molecule has 0 aliphatic heterocycles. The van der Waals surface area contributed by atoms with Crippen molar-refractivity contribution in [3.05, 3.63) is 35.4 Å². The van der Waals surface area contributed by atoms with Crippen LogP contribution in [0, 0.1) is 17.6 Å². The number of carbonyl (C=O) groups excluding carboxylic acids is 1. The third kappa shape index (κ3) is 3.07. The number of hydrogen-bond donors (Lipinski definition) is 1. The molecule has 0 heterocycles. The van der Waals surface area contributed by atoms with Gasteiger partial charge in [0.2, 0.25) is 0 Å². The van der Waals surface area contributed by atoms with Gasteiger partial charge in [0.15, 0.2) is 11.6 Å². The Morgan fingerprint density at radius 2 is 2.11 bits per heavy atom. The Labute approximate surface area is 113 Å². The lowest BCUT2D eigenvalue weighted by Crippen LogP contribution is -2.31. The fourth-order valence-corrected chi connectivity index (χ4v) is 2.96. The lowest BCUT2D eigenvalue weighted by Gasteiger charge is -2.14. The molecule has 1 aliphatic rings. The van der Waals surface area contributed by atoms with Crippen LogP contribution < -0.4 is 5.32 Å². The first-order valence-electron chi connectivity index (χ1n) is 5.95. The highest BCUT2D eigenvalue weighted by molar-refractivity contribution is 9.09. The molecule has 0 spiro atoms. The molecule has 2 rings (SSSR count). The quantitative estimate of drug-likeness (QED) is 0.852. The second-order valence-electron chi connectivity index (χ2n) is 4.55. The van der Waals surface area contributed by atoms with Gasteiger partial charge in [0, 0.05) is 16.9 Å². The third-order valence-corrected chi connectivity index (χ3v) is 4.48. The summed E-state index contributed by atoms with van der Waals surface area (Å²) in [6, 6.07) is 3.17. The van der Waals surface area contributed by atoms with E-state index < -0.39 is 11.6 Å². The first kappa shape index (κ1) is 13.5. The van der Waals surface area contributed by atoms with E-state index in [0.29, 0.717) is 17.3 Å². The number of benzene rings is 1. The molecule has 1 aromatic rings. The van der Waals surface area contributed by atoms with Crippen molar-refractivity contribution in [1.29, 1.82) is 0 Å². The molecule has 0 saturated heterocycles. The largest absolute Gasteiger partial charge is 0.352 e. The molecule has 2 unspecified atom stereocenters. The SMILES string of the molecule is O=C(NCC1CCCC1Br)c1ccc(F)c(F)c1. The lowest BCUT2D eigenvalue weighted by atomic mass is 10.1. The van der Waals surface area contributed by atoms with Gasteiger partial charge in [0.05, 0.1) is 0 Å². The zero-order valence-electron chi connectivity index (χ0n) is 9.76. The molecule has 0 aromatic heterocycles. The lowest BCUT2D eigenvalue weighted by molar-refractivity contribution is 0.0947. The second kappa shape index (κ2) is 5.78. The molecule has 1 aromatic carbocycles. The van der Waals surface area contributed by atoms with E-state index in [1.165, 1.54) is 6.07 Å². The maximum absolute atomic E-state index is 13.0. The molecule has 1 amide bonds. The molecule has 2 atom stereocenters. The van der Waals surface area contributed by atoms with Gasteiger partial charge in [-0.05, 0) is 37.0 Å². The summed E-state index contributed by atoms with van der Waals surface area (Å²) in [5.41, 5.74) is 0.151. The summed E-state index contributed by atoms with van der Waals surface area (Å²) in [5, 5.41) is 2.76. The number of halogens is 3. The summed E-state index contributed by atoms with van der Waals surface area (Å²) in [4.78, 5) is 12.2. The van der Waals surface area contributed by atoms with Gasteiger partial charge in [-0.2, -0.15) is 0 Å². The first-order valence-corrected chi connectivity index (χ1v) is 6.87. The van der Waals surface area contributed by atoms with Crippen LogP contribution in [0.2, 0.25) is 0 Å². The average Bonchev–Trinajstić information content (AvgIpc) is 2.75. The molecule has 98 valence electrons. The Kier molecular flexibility index (Phi) is 4.32. The number of rotatable bonds is 3. The van der Waals surface area contributed by atoms with E-state index in [2.05, 4.69) is 21.2 Å². The minimum Gasteiger partial charge on any atom is -0.352 e. The number of carbonyl (C=O) groups is 1. The molecule has 0 bridgehead atoms.